The Morgan fingerprint density at radius 2 is 2.00 bits per heavy atom. The van der Waals surface area contributed by atoms with E-state index >= 15 is 0 Å². The fourth-order valence-electron chi connectivity index (χ4n) is 3.24. The molecule has 0 radical (unpaired) electrons. The molecule has 0 unspecified atom stereocenters. The number of aromatic nitrogens is 4. The molecular weight excluding hydrogens is 300 g/mol. The first-order chi connectivity index (χ1) is 11.6. The Hall–Kier alpha value is -1.95. The minimum absolute atomic E-state index is 0.552. The third-order valence-corrected chi connectivity index (χ3v) is 4.51. The monoisotopic (exact) mass is 328 g/mol. The highest BCUT2D eigenvalue weighted by atomic mass is 15.2. The molecule has 0 spiro atoms. The first-order valence-corrected chi connectivity index (χ1v) is 8.98. The molecule has 1 aliphatic heterocycles. The molecule has 0 saturated carbocycles. The van der Waals surface area contributed by atoms with Crippen molar-refractivity contribution in [1.82, 2.24) is 25.5 Å². The summed E-state index contributed by atoms with van der Waals surface area (Å²) in [6.07, 6.45) is 4.31. The number of piperidine rings is 1. The molecule has 0 aliphatic carbocycles. The molecule has 2 aromatic rings. The minimum Gasteiger partial charge on any atom is -0.356 e. The number of nitrogens with zero attached hydrogens (tertiary/aromatic N) is 4. The molecule has 0 bridgehead atoms. The van der Waals surface area contributed by atoms with Crippen molar-refractivity contribution in [2.75, 3.05) is 18.0 Å². The summed E-state index contributed by atoms with van der Waals surface area (Å²) >= 11 is 0. The first-order valence-electron chi connectivity index (χ1n) is 8.98. The number of hydrogen-bond acceptors (Lipinski definition) is 5. The van der Waals surface area contributed by atoms with Crippen molar-refractivity contribution in [2.45, 2.75) is 59.0 Å². The van der Waals surface area contributed by atoms with Crippen LogP contribution in [0, 0.1) is 13.8 Å². The van der Waals surface area contributed by atoms with Gasteiger partial charge in [0.15, 0.2) is 0 Å². The fraction of sp³-hybridized carbons (Fsp3) is 0.611. The summed E-state index contributed by atoms with van der Waals surface area (Å²) in [5.41, 5.74) is 3.27. The molecule has 6 nitrogen and oxygen atoms in total. The number of hydrogen-bond donors (Lipinski definition) is 2. The van der Waals surface area contributed by atoms with Crippen molar-refractivity contribution in [1.29, 1.82) is 0 Å². The standard InChI is InChI=1S/C18H28N6/c1-4-5-17-20-13(2)11-18(21-17)24-8-6-15(7-9-24)19-12-16-10-14(3)22-23-16/h10-11,15,19H,4-9,12H2,1-3H3,(H,22,23). The molecule has 0 amide bonds. The average molecular weight is 328 g/mol. The summed E-state index contributed by atoms with van der Waals surface area (Å²) in [6.45, 7) is 9.18. The van der Waals surface area contributed by atoms with Gasteiger partial charge in [0, 0.05) is 49.6 Å². The fourth-order valence-corrected chi connectivity index (χ4v) is 3.24. The van der Waals surface area contributed by atoms with Crippen LogP contribution in [-0.2, 0) is 13.0 Å². The van der Waals surface area contributed by atoms with Crippen molar-refractivity contribution in [3.05, 3.63) is 35.0 Å². The third-order valence-electron chi connectivity index (χ3n) is 4.51. The van der Waals surface area contributed by atoms with E-state index in [0.717, 1.165) is 74.0 Å². The quantitative estimate of drug-likeness (QED) is 0.853. The van der Waals surface area contributed by atoms with E-state index in [4.69, 9.17) is 4.98 Å². The molecule has 1 fully saturated rings. The van der Waals surface area contributed by atoms with Crippen LogP contribution < -0.4 is 10.2 Å². The van der Waals surface area contributed by atoms with E-state index in [1.165, 1.54) is 0 Å². The average Bonchev–Trinajstić information content (AvgIpc) is 2.99. The van der Waals surface area contributed by atoms with Gasteiger partial charge in [-0.05, 0) is 39.2 Å². The van der Waals surface area contributed by atoms with Gasteiger partial charge in [0.2, 0.25) is 0 Å². The number of rotatable bonds is 6. The Kier molecular flexibility index (Phi) is 5.45. The molecule has 6 heteroatoms. The molecule has 2 aromatic heterocycles. The van der Waals surface area contributed by atoms with E-state index in [9.17, 15) is 0 Å². The highest BCUT2D eigenvalue weighted by molar-refractivity contribution is 5.40. The molecule has 24 heavy (non-hydrogen) atoms. The summed E-state index contributed by atoms with van der Waals surface area (Å²) < 4.78 is 0. The number of nitrogens with one attached hydrogen (secondary N) is 2. The van der Waals surface area contributed by atoms with Crippen molar-refractivity contribution >= 4 is 5.82 Å². The number of anilines is 1. The second kappa shape index (κ2) is 7.75. The molecule has 2 N–H and O–H groups in total. The second-order valence-corrected chi connectivity index (χ2v) is 6.72. The van der Waals surface area contributed by atoms with E-state index in [1.807, 2.05) is 6.92 Å². The van der Waals surface area contributed by atoms with E-state index in [1.54, 1.807) is 0 Å². The van der Waals surface area contributed by atoms with Crippen molar-refractivity contribution in [2.24, 2.45) is 0 Å². The van der Waals surface area contributed by atoms with Gasteiger partial charge in [0.25, 0.3) is 0 Å². The van der Waals surface area contributed by atoms with Gasteiger partial charge in [-0.25, -0.2) is 9.97 Å². The number of aromatic amines is 1. The maximum Gasteiger partial charge on any atom is 0.132 e. The number of aryl methyl sites for hydroxylation is 3. The summed E-state index contributed by atoms with van der Waals surface area (Å²) in [5.74, 6) is 2.06. The van der Waals surface area contributed by atoms with Gasteiger partial charge in [-0.1, -0.05) is 6.92 Å². The van der Waals surface area contributed by atoms with Crippen LogP contribution in [0.3, 0.4) is 0 Å². The molecule has 0 aromatic carbocycles. The predicted molar refractivity (Wildman–Crippen MR) is 96.2 cm³/mol. The van der Waals surface area contributed by atoms with Gasteiger partial charge in [-0.2, -0.15) is 5.10 Å². The third kappa shape index (κ3) is 4.32. The smallest absolute Gasteiger partial charge is 0.132 e. The summed E-state index contributed by atoms with van der Waals surface area (Å²) in [5, 5.41) is 10.9. The van der Waals surface area contributed by atoms with Crippen LogP contribution in [0.4, 0.5) is 5.82 Å². The second-order valence-electron chi connectivity index (χ2n) is 6.72. The lowest BCUT2D eigenvalue weighted by Gasteiger charge is -2.33. The lowest BCUT2D eigenvalue weighted by molar-refractivity contribution is 0.410. The topological polar surface area (TPSA) is 69.7 Å². The van der Waals surface area contributed by atoms with Gasteiger partial charge in [-0.3, -0.25) is 5.10 Å². The zero-order valence-electron chi connectivity index (χ0n) is 15.0. The number of H-pyrrole nitrogens is 1. The maximum absolute atomic E-state index is 4.75. The summed E-state index contributed by atoms with van der Waals surface area (Å²) in [4.78, 5) is 11.7. The van der Waals surface area contributed by atoms with Crippen molar-refractivity contribution < 1.29 is 0 Å². The summed E-state index contributed by atoms with van der Waals surface area (Å²) in [7, 11) is 0. The van der Waals surface area contributed by atoms with E-state index in [-0.39, 0.29) is 0 Å². The van der Waals surface area contributed by atoms with Gasteiger partial charge >= 0.3 is 0 Å². The molecule has 3 rings (SSSR count). The van der Waals surface area contributed by atoms with Crippen LogP contribution in [0.5, 0.6) is 0 Å². The van der Waals surface area contributed by atoms with Gasteiger partial charge < -0.3 is 10.2 Å². The van der Waals surface area contributed by atoms with Crippen LogP contribution in [0.2, 0.25) is 0 Å². The maximum atomic E-state index is 4.75. The van der Waals surface area contributed by atoms with Crippen LogP contribution >= 0.6 is 0 Å². The molecule has 1 saturated heterocycles. The SMILES string of the molecule is CCCc1nc(C)cc(N2CCC(NCc3cc(C)[nH]n3)CC2)n1. The van der Waals surface area contributed by atoms with Gasteiger partial charge in [0.05, 0.1) is 5.69 Å². The molecular formula is C18H28N6. The van der Waals surface area contributed by atoms with Crippen LogP contribution in [0.1, 0.15) is 49.1 Å². The molecule has 130 valence electrons. The van der Waals surface area contributed by atoms with Gasteiger partial charge in [0.1, 0.15) is 11.6 Å². The normalized spacial score (nSPS) is 15.9. The Morgan fingerprint density at radius 1 is 1.21 bits per heavy atom. The lowest BCUT2D eigenvalue weighted by atomic mass is 10.0. The zero-order chi connectivity index (χ0) is 16.9. The highest BCUT2D eigenvalue weighted by Gasteiger charge is 2.20. The van der Waals surface area contributed by atoms with Crippen molar-refractivity contribution in [3.8, 4) is 0 Å². The molecule has 1 aliphatic rings. The Morgan fingerprint density at radius 3 is 2.67 bits per heavy atom. The van der Waals surface area contributed by atoms with Gasteiger partial charge in [-0.15, -0.1) is 0 Å². The highest BCUT2D eigenvalue weighted by Crippen LogP contribution is 2.19. The largest absolute Gasteiger partial charge is 0.356 e. The van der Waals surface area contributed by atoms with E-state index < -0.39 is 0 Å². The van der Waals surface area contributed by atoms with Crippen LogP contribution in [0.25, 0.3) is 0 Å². The lowest BCUT2D eigenvalue weighted by Crippen LogP contribution is -2.42. The first kappa shape index (κ1) is 16.9. The Labute approximate surface area is 144 Å². The van der Waals surface area contributed by atoms with Crippen LogP contribution in [0.15, 0.2) is 12.1 Å². The Balaban J connectivity index is 1.53. The Bertz CT molecular complexity index is 657. The molecule has 3 heterocycles. The van der Waals surface area contributed by atoms with Crippen molar-refractivity contribution in [3.63, 3.8) is 0 Å². The molecule has 0 atom stereocenters. The predicted octanol–water partition coefficient (Wildman–Crippen LogP) is 2.53. The van der Waals surface area contributed by atoms with E-state index in [2.05, 4.69) is 51.4 Å². The van der Waals surface area contributed by atoms with Crippen LogP contribution in [-0.4, -0.2) is 39.3 Å². The minimum atomic E-state index is 0.552. The van der Waals surface area contributed by atoms with E-state index in [0.29, 0.717) is 6.04 Å². The summed E-state index contributed by atoms with van der Waals surface area (Å²) in [6, 6.07) is 4.76. The zero-order valence-corrected chi connectivity index (χ0v) is 15.0.